The van der Waals surface area contributed by atoms with E-state index in [9.17, 15) is 13.2 Å². The second-order valence-electron chi connectivity index (χ2n) is 2.85. The lowest BCUT2D eigenvalue weighted by molar-refractivity contribution is -0.129. The first-order valence-corrected chi connectivity index (χ1v) is 6.13. The molecule has 0 radical (unpaired) electrons. The molecule has 0 saturated carbocycles. The van der Waals surface area contributed by atoms with Gasteiger partial charge in [-0.2, -0.15) is 12.7 Å². The molecular weight excluding hydrogens is 216 g/mol. The molecule has 1 aliphatic heterocycles. The summed E-state index contributed by atoms with van der Waals surface area (Å²) in [4.78, 5) is 12.5. The highest BCUT2D eigenvalue weighted by Crippen LogP contribution is 2.10. The van der Waals surface area contributed by atoms with Gasteiger partial charge in [0.2, 0.25) is 5.91 Å². The van der Waals surface area contributed by atoms with Crippen molar-refractivity contribution in [2.24, 2.45) is 0 Å². The third-order valence-corrected chi connectivity index (χ3v) is 3.56. The van der Waals surface area contributed by atoms with Gasteiger partial charge >= 0.3 is 0 Å². The number of rotatable bonds is 1. The van der Waals surface area contributed by atoms with E-state index in [0.29, 0.717) is 13.1 Å². The highest BCUT2D eigenvalue weighted by molar-refractivity contribution is 8.11. The molecule has 0 unspecified atom stereocenters. The smallest absolute Gasteiger partial charge is 0.299 e. The average molecular weight is 227 g/mol. The third kappa shape index (κ3) is 2.82. The Labute approximate surface area is 81.8 Å². The van der Waals surface area contributed by atoms with E-state index in [4.69, 9.17) is 10.7 Å². The fraction of sp³-hybridized carbons (Fsp3) is 0.833. The van der Waals surface area contributed by atoms with Crippen molar-refractivity contribution >= 4 is 25.8 Å². The molecule has 1 aliphatic rings. The van der Waals surface area contributed by atoms with Crippen LogP contribution in [0.15, 0.2) is 0 Å². The molecule has 0 aromatic carbocycles. The van der Waals surface area contributed by atoms with Gasteiger partial charge in [0.1, 0.15) is 0 Å². The lowest BCUT2D eigenvalue weighted by Crippen LogP contribution is -2.48. The van der Waals surface area contributed by atoms with Crippen LogP contribution in [0.4, 0.5) is 0 Å². The van der Waals surface area contributed by atoms with E-state index < -0.39 is 9.24 Å². The minimum Gasteiger partial charge on any atom is -0.340 e. The summed E-state index contributed by atoms with van der Waals surface area (Å²) in [6.07, 6.45) is 0. The molecule has 0 bridgehead atoms. The van der Waals surface area contributed by atoms with Crippen molar-refractivity contribution in [2.75, 3.05) is 26.2 Å². The van der Waals surface area contributed by atoms with Gasteiger partial charge in [-0.1, -0.05) is 0 Å². The summed E-state index contributed by atoms with van der Waals surface area (Å²) in [5.74, 6) is -0.0355. The second-order valence-corrected chi connectivity index (χ2v) is 5.36. The molecule has 0 N–H and O–H groups in total. The normalized spacial score (nSPS) is 20.3. The first-order chi connectivity index (χ1) is 5.91. The summed E-state index contributed by atoms with van der Waals surface area (Å²) in [6, 6.07) is 0. The Balaban J connectivity index is 2.53. The summed E-state index contributed by atoms with van der Waals surface area (Å²) in [5.41, 5.74) is 0. The van der Waals surface area contributed by atoms with E-state index in [1.807, 2.05) is 0 Å². The highest BCUT2D eigenvalue weighted by atomic mass is 35.7. The van der Waals surface area contributed by atoms with Crippen LogP contribution in [-0.2, 0) is 14.0 Å². The van der Waals surface area contributed by atoms with Crippen LogP contribution in [0.1, 0.15) is 6.92 Å². The zero-order valence-electron chi connectivity index (χ0n) is 7.23. The number of carbonyl (C=O) groups excluding carboxylic acids is 1. The SMILES string of the molecule is CC(=O)N1CCN(S(=O)(=O)Cl)CC1. The molecule has 1 amide bonds. The molecule has 13 heavy (non-hydrogen) atoms. The molecule has 1 saturated heterocycles. The summed E-state index contributed by atoms with van der Waals surface area (Å²) in [7, 11) is 1.53. The fourth-order valence-electron chi connectivity index (χ4n) is 1.22. The number of hydrogen-bond donors (Lipinski definition) is 0. The van der Waals surface area contributed by atoms with Crippen molar-refractivity contribution in [3.05, 3.63) is 0 Å². The van der Waals surface area contributed by atoms with Gasteiger partial charge in [0.25, 0.3) is 9.24 Å². The average Bonchev–Trinajstić information content (AvgIpc) is 2.03. The topological polar surface area (TPSA) is 57.7 Å². The Kier molecular flexibility index (Phi) is 3.15. The molecule has 5 nitrogen and oxygen atoms in total. The Morgan fingerprint density at radius 3 is 2.00 bits per heavy atom. The van der Waals surface area contributed by atoms with E-state index >= 15 is 0 Å². The van der Waals surface area contributed by atoms with Gasteiger partial charge < -0.3 is 4.90 Å². The molecule has 76 valence electrons. The lowest BCUT2D eigenvalue weighted by Gasteiger charge is -2.31. The standard InChI is InChI=1S/C6H11ClN2O3S/c1-6(10)8-2-4-9(5-3-8)13(7,11)12/h2-5H2,1H3. The quantitative estimate of drug-likeness (QED) is 0.574. The van der Waals surface area contributed by atoms with E-state index in [1.54, 1.807) is 4.90 Å². The zero-order chi connectivity index (χ0) is 10.1. The number of piperazine rings is 1. The number of nitrogens with zero attached hydrogens (tertiary/aromatic N) is 2. The first kappa shape index (κ1) is 10.7. The van der Waals surface area contributed by atoms with Crippen LogP contribution in [0, 0.1) is 0 Å². The molecule has 0 aromatic rings. The maximum absolute atomic E-state index is 10.9. The molecule has 1 rings (SSSR count). The number of carbonyl (C=O) groups is 1. The van der Waals surface area contributed by atoms with Gasteiger partial charge in [-0.05, 0) is 0 Å². The molecule has 0 aliphatic carbocycles. The Hall–Kier alpha value is -0.330. The van der Waals surface area contributed by atoms with Crippen LogP contribution in [0.25, 0.3) is 0 Å². The van der Waals surface area contributed by atoms with Crippen LogP contribution < -0.4 is 0 Å². The van der Waals surface area contributed by atoms with Crippen LogP contribution in [0.5, 0.6) is 0 Å². The number of hydrogen-bond acceptors (Lipinski definition) is 3. The van der Waals surface area contributed by atoms with Crippen molar-refractivity contribution in [2.45, 2.75) is 6.92 Å². The maximum atomic E-state index is 10.9. The zero-order valence-corrected chi connectivity index (χ0v) is 8.81. The van der Waals surface area contributed by atoms with Gasteiger partial charge in [0.05, 0.1) is 0 Å². The highest BCUT2D eigenvalue weighted by Gasteiger charge is 2.25. The van der Waals surface area contributed by atoms with Crippen molar-refractivity contribution in [3.8, 4) is 0 Å². The largest absolute Gasteiger partial charge is 0.340 e. The van der Waals surface area contributed by atoms with Crippen molar-refractivity contribution in [1.29, 1.82) is 0 Å². The molecule has 1 fully saturated rings. The van der Waals surface area contributed by atoms with E-state index in [-0.39, 0.29) is 19.0 Å². The summed E-state index contributed by atoms with van der Waals surface area (Å²) < 4.78 is 22.9. The molecule has 0 spiro atoms. The van der Waals surface area contributed by atoms with Gasteiger partial charge in [0.15, 0.2) is 0 Å². The van der Waals surface area contributed by atoms with Crippen LogP contribution in [0.3, 0.4) is 0 Å². The van der Waals surface area contributed by atoms with E-state index in [2.05, 4.69) is 0 Å². The minimum absolute atomic E-state index is 0.0355. The van der Waals surface area contributed by atoms with Crippen LogP contribution >= 0.6 is 10.7 Å². The number of halogens is 1. The summed E-state index contributed by atoms with van der Waals surface area (Å²) in [6.45, 7) is 2.87. The van der Waals surface area contributed by atoms with Gasteiger partial charge in [0, 0.05) is 43.8 Å². The molecule has 0 aromatic heterocycles. The first-order valence-electron chi connectivity index (χ1n) is 3.86. The maximum Gasteiger partial charge on any atom is 0.299 e. The molecular formula is C6H11ClN2O3S. The van der Waals surface area contributed by atoms with Gasteiger partial charge in [-0.3, -0.25) is 4.79 Å². The number of amides is 1. The second kappa shape index (κ2) is 3.81. The Morgan fingerprint density at radius 2 is 1.69 bits per heavy atom. The summed E-state index contributed by atoms with van der Waals surface area (Å²) >= 11 is 0. The van der Waals surface area contributed by atoms with Gasteiger partial charge in [-0.15, -0.1) is 0 Å². The summed E-state index contributed by atoms with van der Waals surface area (Å²) in [5, 5.41) is 0. The minimum atomic E-state index is -3.61. The van der Waals surface area contributed by atoms with Crippen LogP contribution in [-0.4, -0.2) is 49.7 Å². The Morgan fingerprint density at radius 1 is 1.23 bits per heavy atom. The predicted octanol–water partition coefficient (Wildman–Crippen LogP) is -0.366. The molecule has 0 atom stereocenters. The lowest BCUT2D eigenvalue weighted by atomic mass is 10.3. The van der Waals surface area contributed by atoms with E-state index in [0.717, 1.165) is 4.31 Å². The van der Waals surface area contributed by atoms with Crippen molar-refractivity contribution in [3.63, 3.8) is 0 Å². The monoisotopic (exact) mass is 226 g/mol. The third-order valence-electron chi connectivity index (χ3n) is 1.99. The molecule has 1 heterocycles. The fourth-order valence-corrected chi connectivity index (χ4v) is 2.23. The van der Waals surface area contributed by atoms with Crippen molar-refractivity contribution in [1.82, 2.24) is 9.21 Å². The Bertz CT molecular complexity index is 295. The van der Waals surface area contributed by atoms with Gasteiger partial charge in [-0.25, -0.2) is 0 Å². The van der Waals surface area contributed by atoms with Crippen molar-refractivity contribution < 1.29 is 13.2 Å². The van der Waals surface area contributed by atoms with Crippen LogP contribution in [0.2, 0.25) is 0 Å². The predicted molar refractivity (Wildman–Crippen MR) is 48.6 cm³/mol. The van der Waals surface area contributed by atoms with E-state index in [1.165, 1.54) is 6.92 Å². The molecule has 7 heteroatoms.